The van der Waals surface area contributed by atoms with E-state index in [-0.39, 0.29) is 5.92 Å². The largest absolute Gasteiger partial charge is 0.481 e. The Bertz CT molecular complexity index is 225. The van der Waals surface area contributed by atoms with Crippen LogP contribution in [0.3, 0.4) is 0 Å². The molecule has 0 aromatic heterocycles. The molecule has 0 aromatic carbocycles. The van der Waals surface area contributed by atoms with Gasteiger partial charge in [0.25, 0.3) is 0 Å². The predicted molar refractivity (Wildman–Crippen MR) is 54.1 cm³/mol. The summed E-state index contributed by atoms with van der Waals surface area (Å²) in [7, 11) is 2.02. The lowest BCUT2D eigenvalue weighted by Crippen LogP contribution is -2.45. The molecule has 80 valence electrons. The number of nitrogens with zero attached hydrogens (tertiary/aromatic N) is 1. The van der Waals surface area contributed by atoms with Gasteiger partial charge in [-0.15, -0.1) is 0 Å². The highest BCUT2D eigenvalue weighted by Gasteiger charge is 2.39. The first kappa shape index (κ1) is 9.97. The van der Waals surface area contributed by atoms with Gasteiger partial charge in [-0.1, -0.05) is 19.3 Å². The number of hydrogen-bond acceptors (Lipinski definition) is 2. The zero-order valence-electron chi connectivity index (χ0n) is 8.78. The van der Waals surface area contributed by atoms with E-state index in [1.807, 2.05) is 7.05 Å². The van der Waals surface area contributed by atoms with Gasteiger partial charge in [-0.25, -0.2) is 0 Å². The van der Waals surface area contributed by atoms with Crippen LogP contribution in [0.4, 0.5) is 0 Å². The summed E-state index contributed by atoms with van der Waals surface area (Å²) in [6.07, 6.45) is 4.91. The maximum atomic E-state index is 11.1. The van der Waals surface area contributed by atoms with Crippen molar-refractivity contribution in [2.45, 2.75) is 25.7 Å². The third kappa shape index (κ3) is 1.78. The van der Waals surface area contributed by atoms with Gasteiger partial charge in [0.2, 0.25) is 0 Å². The molecule has 1 heterocycles. The normalized spacial score (nSPS) is 35.2. The Morgan fingerprint density at radius 1 is 1.36 bits per heavy atom. The van der Waals surface area contributed by atoms with Gasteiger partial charge in [0.05, 0.1) is 5.92 Å². The van der Waals surface area contributed by atoms with Crippen molar-refractivity contribution < 1.29 is 9.90 Å². The number of carboxylic acid groups (broad SMARTS) is 1. The fraction of sp³-hybridized carbons (Fsp3) is 0.909. The minimum Gasteiger partial charge on any atom is -0.481 e. The summed E-state index contributed by atoms with van der Waals surface area (Å²) in [5.74, 6) is 0.467. The van der Waals surface area contributed by atoms with Crippen LogP contribution in [0, 0.1) is 17.8 Å². The Morgan fingerprint density at radius 2 is 2.07 bits per heavy atom. The SMILES string of the molecule is CN1CCC(C2CCC2)C(C(=O)O)C1. The first-order chi connectivity index (χ1) is 6.68. The first-order valence-electron chi connectivity index (χ1n) is 5.60. The van der Waals surface area contributed by atoms with Crippen LogP contribution in [-0.4, -0.2) is 36.1 Å². The molecule has 2 unspecified atom stereocenters. The number of carbonyl (C=O) groups is 1. The fourth-order valence-electron chi connectivity index (χ4n) is 2.83. The van der Waals surface area contributed by atoms with E-state index < -0.39 is 5.97 Å². The van der Waals surface area contributed by atoms with Gasteiger partial charge in [-0.05, 0) is 31.8 Å². The Morgan fingerprint density at radius 3 is 2.57 bits per heavy atom. The maximum absolute atomic E-state index is 11.1. The molecule has 2 fully saturated rings. The second-order valence-corrected chi connectivity index (χ2v) is 4.85. The molecule has 2 aliphatic rings. The minimum absolute atomic E-state index is 0.112. The summed E-state index contributed by atoms with van der Waals surface area (Å²) in [6.45, 7) is 1.82. The molecule has 0 spiro atoms. The van der Waals surface area contributed by atoms with E-state index in [0.29, 0.717) is 11.8 Å². The number of rotatable bonds is 2. The third-order valence-electron chi connectivity index (χ3n) is 3.94. The first-order valence-corrected chi connectivity index (χ1v) is 5.60. The summed E-state index contributed by atoms with van der Waals surface area (Å²) in [6, 6.07) is 0. The van der Waals surface area contributed by atoms with Crippen molar-refractivity contribution in [1.82, 2.24) is 4.90 Å². The highest BCUT2D eigenvalue weighted by atomic mass is 16.4. The van der Waals surface area contributed by atoms with Gasteiger partial charge < -0.3 is 10.0 Å². The van der Waals surface area contributed by atoms with E-state index in [1.54, 1.807) is 0 Å². The standard InChI is InChI=1S/C11H19NO2/c1-12-6-5-9(8-3-2-4-8)10(7-12)11(13)14/h8-10H,2-7H2,1H3,(H,13,14). The van der Waals surface area contributed by atoms with Crippen LogP contribution in [0.1, 0.15) is 25.7 Å². The van der Waals surface area contributed by atoms with Gasteiger partial charge in [-0.2, -0.15) is 0 Å². The van der Waals surface area contributed by atoms with Crippen molar-refractivity contribution in [2.75, 3.05) is 20.1 Å². The Hall–Kier alpha value is -0.570. The van der Waals surface area contributed by atoms with Gasteiger partial charge in [-0.3, -0.25) is 4.79 Å². The Kier molecular flexibility index (Phi) is 2.77. The van der Waals surface area contributed by atoms with E-state index >= 15 is 0 Å². The predicted octanol–water partition coefficient (Wildman–Crippen LogP) is 1.44. The van der Waals surface area contributed by atoms with E-state index in [2.05, 4.69) is 4.90 Å². The monoisotopic (exact) mass is 197 g/mol. The molecule has 1 saturated heterocycles. The lowest BCUT2D eigenvalue weighted by Gasteiger charge is -2.42. The third-order valence-corrected chi connectivity index (χ3v) is 3.94. The zero-order chi connectivity index (χ0) is 10.1. The Balaban J connectivity index is 2.01. The molecule has 2 rings (SSSR count). The van der Waals surface area contributed by atoms with Crippen LogP contribution in [-0.2, 0) is 4.79 Å². The van der Waals surface area contributed by atoms with Gasteiger partial charge >= 0.3 is 5.97 Å². The number of carboxylic acids is 1. The highest BCUT2D eigenvalue weighted by molar-refractivity contribution is 5.70. The number of aliphatic carboxylic acids is 1. The molecule has 0 radical (unpaired) electrons. The van der Waals surface area contributed by atoms with Crippen LogP contribution in [0.5, 0.6) is 0 Å². The van der Waals surface area contributed by atoms with Crippen LogP contribution in [0.25, 0.3) is 0 Å². The average molecular weight is 197 g/mol. The van der Waals surface area contributed by atoms with Gasteiger partial charge in [0.15, 0.2) is 0 Å². The second-order valence-electron chi connectivity index (χ2n) is 4.85. The summed E-state index contributed by atoms with van der Waals surface area (Å²) < 4.78 is 0. The molecule has 0 amide bonds. The van der Waals surface area contributed by atoms with Crippen molar-refractivity contribution in [1.29, 1.82) is 0 Å². The summed E-state index contributed by atoms with van der Waals surface area (Å²) in [5.41, 5.74) is 0. The molecule has 1 saturated carbocycles. The zero-order valence-corrected chi connectivity index (χ0v) is 8.78. The molecule has 3 nitrogen and oxygen atoms in total. The number of piperidine rings is 1. The van der Waals surface area contributed by atoms with Crippen LogP contribution in [0.2, 0.25) is 0 Å². The topological polar surface area (TPSA) is 40.5 Å². The van der Waals surface area contributed by atoms with Crippen LogP contribution < -0.4 is 0 Å². The quantitative estimate of drug-likeness (QED) is 0.728. The summed E-state index contributed by atoms with van der Waals surface area (Å²) in [5, 5.41) is 9.17. The molecular formula is C11H19NO2. The number of hydrogen-bond donors (Lipinski definition) is 1. The number of likely N-dealkylation sites (tertiary alicyclic amines) is 1. The van der Waals surface area contributed by atoms with Crippen LogP contribution in [0.15, 0.2) is 0 Å². The van der Waals surface area contributed by atoms with E-state index in [0.717, 1.165) is 19.5 Å². The van der Waals surface area contributed by atoms with Gasteiger partial charge in [0, 0.05) is 6.54 Å². The fourth-order valence-corrected chi connectivity index (χ4v) is 2.83. The molecule has 1 N–H and O–H groups in total. The van der Waals surface area contributed by atoms with Crippen LogP contribution >= 0.6 is 0 Å². The molecular weight excluding hydrogens is 178 g/mol. The van der Waals surface area contributed by atoms with Crippen molar-refractivity contribution in [2.24, 2.45) is 17.8 Å². The van der Waals surface area contributed by atoms with Crippen molar-refractivity contribution >= 4 is 5.97 Å². The average Bonchev–Trinajstić information content (AvgIpc) is 2.04. The molecule has 1 aliphatic heterocycles. The van der Waals surface area contributed by atoms with Crippen molar-refractivity contribution in [3.8, 4) is 0 Å². The van der Waals surface area contributed by atoms with Gasteiger partial charge in [0.1, 0.15) is 0 Å². The van der Waals surface area contributed by atoms with E-state index in [9.17, 15) is 4.79 Å². The molecule has 1 aliphatic carbocycles. The molecule has 2 atom stereocenters. The lowest BCUT2D eigenvalue weighted by atomic mass is 9.68. The summed E-state index contributed by atoms with van der Waals surface area (Å²) in [4.78, 5) is 13.3. The van der Waals surface area contributed by atoms with Crippen molar-refractivity contribution in [3.05, 3.63) is 0 Å². The highest BCUT2D eigenvalue weighted by Crippen LogP contribution is 2.41. The molecule has 3 heteroatoms. The van der Waals surface area contributed by atoms with E-state index in [4.69, 9.17) is 5.11 Å². The minimum atomic E-state index is -0.589. The molecule has 14 heavy (non-hydrogen) atoms. The smallest absolute Gasteiger partial charge is 0.308 e. The molecule has 0 bridgehead atoms. The Labute approximate surface area is 85.1 Å². The summed E-state index contributed by atoms with van der Waals surface area (Å²) >= 11 is 0. The second kappa shape index (κ2) is 3.89. The lowest BCUT2D eigenvalue weighted by molar-refractivity contribution is -0.147. The van der Waals surface area contributed by atoms with Crippen molar-refractivity contribution in [3.63, 3.8) is 0 Å². The van der Waals surface area contributed by atoms with E-state index in [1.165, 1.54) is 19.3 Å². The maximum Gasteiger partial charge on any atom is 0.308 e. The molecule has 0 aromatic rings.